The highest BCUT2D eigenvalue weighted by molar-refractivity contribution is 5.91. The summed E-state index contributed by atoms with van der Waals surface area (Å²) >= 11 is 0. The average Bonchev–Trinajstić information content (AvgIpc) is 2.55. The van der Waals surface area contributed by atoms with E-state index in [1.807, 2.05) is 30.3 Å². The van der Waals surface area contributed by atoms with Crippen molar-refractivity contribution in [2.75, 3.05) is 0 Å². The molecule has 114 valence electrons. The van der Waals surface area contributed by atoms with Crippen molar-refractivity contribution in [3.8, 4) is 5.75 Å². The quantitative estimate of drug-likeness (QED) is 0.589. The van der Waals surface area contributed by atoms with Crippen molar-refractivity contribution in [1.82, 2.24) is 0 Å². The zero-order valence-corrected chi connectivity index (χ0v) is 13.2. The summed E-state index contributed by atoms with van der Waals surface area (Å²) in [6.45, 7) is 4.53. The predicted octanol–water partition coefficient (Wildman–Crippen LogP) is 4.98. The molecule has 2 aromatic carbocycles. The van der Waals surface area contributed by atoms with E-state index in [0.717, 1.165) is 18.6 Å². The number of hydrogen-bond donors (Lipinski definition) is 0. The van der Waals surface area contributed by atoms with Crippen LogP contribution in [0.5, 0.6) is 5.75 Å². The SMILES string of the molecule is CC(C)C1CCCc2c(OC(=O)c3ccccc3)cccc21. The Morgan fingerprint density at radius 3 is 2.59 bits per heavy atom. The number of hydrogen-bond acceptors (Lipinski definition) is 2. The third-order valence-electron chi connectivity index (χ3n) is 4.53. The molecule has 2 aromatic rings. The van der Waals surface area contributed by atoms with Gasteiger partial charge in [-0.25, -0.2) is 4.79 Å². The minimum Gasteiger partial charge on any atom is -0.423 e. The van der Waals surface area contributed by atoms with Gasteiger partial charge in [0.15, 0.2) is 0 Å². The van der Waals surface area contributed by atoms with E-state index in [1.165, 1.54) is 17.5 Å². The van der Waals surface area contributed by atoms with Gasteiger partial charge in [0.25, 0.3) is 0 Å². The summed E-state index contributed by atoms with van der Waals surface area (Å²) in [5.41, 5.74) is 3.17. The zero-order chi connectivity index (χ0) is 15.5. The van der Waals surface area contributed by atoms with Gasteiger partial charge >= 0.3 is 5.97 Å². The van der Waals surface area contributed by atoms with Crippen LogP contribution in [0, 0.1) is 5.92 Å². The van der Waals surface area contributed by atoms with Crippen LogP contribution in [-0.2, 0) is 6.42 Å². The molecule has 2 nitrogen and oxygen atoms in total. The molecule has 1 aliphatic carbocycles. The van der Waals surface area contributed by atoms with Crippen molar-refractivity contribution in [2.24, 2.45) is 5.92 Å². The van der Waals surface area contributed by atoms with Crippen molar-refractivity contribution in [2.45, 2.75) is 39.0 Å². The third kappa shape index (κ3) is 2.92. The molecule has 0 radical (unpaired) electrons. The molecule has 1 aliphatic rings. The second-order valence-corrected chi connectivity index (χ2v) is 6.32. The minimum atomic E-state index is -0.277. The van der Waals surface area contributed by atoms with Gasteiger partial charge < -0.3 is 4.74 Å². The maximum atomic E-state index is 12.3. The predicted molar refractivity (Wildman–Crippen MR) is 88.4 cm³/mol. The standard InChI is InChI=1S/C20H22O2/c1-14(2)16-10-6-12-18-17(16)11-7-13-19(18)22-20(21)15-8-4-3-5-9-15/h3-5,7-9,11,13-14,16H,6,10,12H2,1-2H3. The number of carbonyl (C=O) groups excluding carboxylic acids is 1. The molecule has 0 N–H and O–H groups in total. The Hall–Kier alpha value is -2.09. The first kappa shape index (κ1) is 14.8. The van der Waals surface area contributed by atoms with Crippen molar-refractivity contribution < 1.29 is 9.53 Å². The second kappa shape index (κ2) is 6.35. The Morgan fingerprint density at radius 2 is 1.86 bits per heavy atom. The first-order chi connectivity index (χ1) is 10.7. The van der Waals surface area contributed by atoms with Crippen molar-refractivity contribution in [1.29, 1.82) is 0 Å². The zero-order valence-electron chi connectivity index (χ0n) is 13.2. The van der Waals surface area contributed by atoms with Crippen LogP contribution < -0.4 is 4.74 Å². The van der Waals surface area contributed by atoms with Gasteiger partial charge in [-0.3, -0.25) is 0 Å². The van der Waals surface area contributed by atoms with Crippen LogP contribution in [0.3, 0.4) is 0 Å². The van der Waals surface area contributed by atoms with Gasteiger partial charge in [-0.2, -0.15) is 0 Å². The summed E-state index contributed by atoms with van der Waals surface area (Å²) < 4.78 is 5.69. The molecule has 0 bridgehead atoms. The topological polar surface area (TPSA) is 26.3 Å². The summed E-state index contributed by atoms with van der Waals surface area (Å²) in [6.07, 6.45) is 3.38. The smallest absolute Gasteiger partial charge is 0.343 e. The van der Waals surface area contributed by atoms with Crippen molar-refractivity contribution in [3.05, 3.63) is 65.2 Å². The summed E-state index contributed by atoms with van der Waals surface area (Å²) in [4.78, 5) is 12.3. The molecular weight excluding hydrogens is 272 g/mol. The van der Waals surface area contributed by atoms with E-state index in [9.17, 15) is 4.79 Å². The lowest BCUT2D eigenvalue weighted by atomic mass is 9.77. The van der Waals surface area contributed by atoms with E-state index in [-0.39, 0.29) is 5.97 Å². The fourth-order valence-electron chi connectivity index (χ4n) is 3.37. The van der Waals surface area contributed by atoms with Gasteiger partial charge in [0.1, 0.15) is 5.75 Å². The molecule has 0 heterocycles. The van der Waals surface area contributed by atoms with Gasteiger partial charge in [-0.1, -0.05) is 44.2 Å². The van der Waals surface area contributed by atoms with Gasteiger partial charge in [0.05, 0.1) is 5.56 Å². The van der Waals surface area contributed by atoms with E-state index in [2.05, 4.69) is 19.9 Å². The van der Waals surface area contributed by atoms with Gasteiger partial charge in [-0.15, -0.1) is 0 Å². The maximum Gasteiger partial charge on any atom is 0.343 e. The molecule has 0 saturated heterocycles. The van der Waals surface area contributed by atoms with Crippen molar-refractivity contribution >= 4 is 5.97 Å². The summed E-state index contributed by atoms with van der Waals surface area (Å²) in [5.74, 6) is 1.63. The number of benzene rings is 2. The van der Waals surface area contributed by atoms with E-state index in [1.54, 1.807) is 12.1 Å². The van der Waals surface area contributed by atoms with Crippen LogP contribution in [0.4, 0.5) is 0 Å². The molecule has 0 fully saturated rings. The fourth-order valence-corrected chi connectivity index (χ4v) is 3.37. The molecule has 0 spiro atoms. The van der Waals surface area contributed by atoms with E-state index >= 15 is 0 Å². The minimum absolute atomic E-state index is 0.277. The Morgan fingerprint density at radius 1 is 1.09 bits per heavy atom. The Kier molecular flexibility index (Phi) is 4.28. The van der Waals surface area contributed by atoms with Crippen LogP contribution in [0.2, 0.25) is 0 Å². The highest BCUT2D eigenvalue weighted by Crippen LogP contribution is 2.40. The third-order valence-corrected chi connectivity index (χ3v) is 4.53. The van der Waals surface area contributed by atoms with Gasteiger partial charge in [0, 0.05) is 0 Å². The normalized spacial score (nSPS) is 17.1. The molecule has 1 unspecified atom stereocenters. The first-order valence-corrected chi connectivity index (χ1v) is 8.06. The summed E-state index contributed by atoms with van der Waals surface area (Å²) in [6, 6.07) is 15.3. The largest absolute Gasteiger partial charge is 0.423 e. The van der Waals surface area contributed by atoms with Gasteiger partial charge in [0.2, 0.25) is 0 Å². The Bertz CT molecular complexity index is 659. The van der Waals surface area contributed by atoms with Gasteiger partial charge in [-0.05, 0) is 60.4 Å². The number of fused-ring (bicyclic) bond motifs is 1. The molecule has 0 amide bonds. The average molecular weight is 294 g/mol. The number of ether oxygens (including phenoxy) is 1. The molecule has 0 aromatic heterocycles. The molecule has 2 heteroatoms. The van der Waals surface area contributed by atoms with Crippen LogP contribution in [0.1, 0.15) is 54.1 Å². The van der Waals surface area contributed by atoms with Crippen LogP contribution >= 0.6 is 0 Å². The first-order valence-electron chi connectivity index (χ1n) is 8.06. The molecule has 22 heavy (non-hydrogen) atoms. The Labute approximate surface area is 132 Å². The van der Waals surface area contributed by atoms with E-state index in [0.29, 0.717) is 17.4 Å². The lowest BCUT2D eigenvalue weighted by Gasteiger charge is -2.29. The Balaban J connectivity index is 1.89. The molecule has 3 rings (SSSR count). The fraction of sp³-hybridized carbons (Fsp3) is 0.350. The number of carbonyl (C=O) groups is 1. The van der Waals surface area contributed by atoms with Crippen LogP contribution in [0.25, 0.3) is 0 Å². The lowest BCUT2D eigenvalue weighted by molar-refractivity contribution is 0.0732. The van der Waals surface area contributed by atoms with Crippen molar-refractivity contribution in [3.63, 3.8) is 0 Å². The summed E-state index contributed by atoms with van der Waals surface area (Å²) in [7, 11) is 0. The summed E-state index contributed by atoms with van der Waals surface area (Å²) in [5, 5.41) is 0. The van der Waals surface area contributed by atoms with Crippen LogP contribution in [-0.4, -0.2) is 5.97 Å². The van der Waals surface area contributed by atoms with E-state index in [4.69, 9.17) is 4.74 Å². The highest BCUT2D eigenvalue weighted by Gasteiger charge is 2.25. The number of rotatable bonds is 3. The lowest BCUT2D eigenvalue weighted by Crippen LogP contribution is -2.17. The molecule has 0 saturated carbocycles. The molecular formula is C20H22O2. The molecule has 1 atom stereocenters. The second-order valence-electron chi connectivity index (χ2n) is 6.32. The monoisotopic (exact) mass is 294 g/mol. The maximum absolute atomic E-state index is 12.3. The molecule has 0 aliphatic heterocycles. The number of esters is 1. The van der Waals surface area contributed by atoms with Crippen LogP contribution in [0.15, 0.2) is 48.5 Å². The van der Waals surface area contributed by atoms with E-state index < -0.39 is 0 Å². The highest BCUT2D eigenvalue weighted by atomic mass is 16.5.